The Balaban J connectivity index is 1.24. The van der Waals surface area contributed by atoms with Crippen molar-refractivity contribution in [1.82, 2.24) is 25.2 Å². The summed E-state index contributed by atoms with van der Waals surface area (Å²) >= 11 is 0. The highest BCUT2D eigenvalue weighted by atomic mass is 16.5. The van der Waals surface area contributed by atoms with E-state index in [1.54, 1.807) is 27.4 Å². The Morgan fingerprint density at radius 1 is 1.00 bits per heavy atom. The average molecular weight is 573 g/mol. The Labute approximate surface area is 247 Å². The summed E-state index contributed by atoms with van der Waals surface area (Å²) < 4.78 is 16.5. The average Bonchev–Trinajstić information content (AvgIpc) is 3.32. The summed E-state index contributed by atoms with van der Waals surface area (Å²) in [6.07, 6.45) is 3.74. The molecule has 0 radical (unpaired) electrons. The van der Waals surface area contributed by atoms with Gasteiger partial charge in [0.15, 0.2) is 11.5 Å². The van der Waals surface area contributed by atoms with Crippen molar-refractivity contribution < 1.29 is 19.0 Å². The Hall–Kier alpha value is -4.31. The number of hydrogen-bond donors (Lipinski definition) is 2. The van der Waals surface area contributed by atoms with Crippen LogP contribution in [0, 0.1) is 6.92 Å². The van der Waals surface area contributed by atoms with E-state index in [0.717, 1.165) is 68.2 Å². The maximum Gasteiger partial charge on any atom is 0.251 e. The molecule has 10 nitrogen and oxygen atoms in total. The SMILES string of the molecule is COc1cc(C(=O)NCC(CCN2CCCN(c3nc4ccccc4[nH]3)CC2)c2ccccn2)c(C)c(OC)c1OC. The van der Waals surface area contributed by atoms with Gasteiger partial charge in [0.2, 0.25) is 11.7 Å². The van der Waals surface area contributed by atoms with Crippen molar-refractivity contribution in [2.75, 3.05) is 65.5 Å². The second kappa shape index (κ2) is 13.6. The lowest BCUT2D eigenvalue weighted by Gasteiger charge is -2.24. The van der Waals surface area contributed by atoms with Crippen LogP contribution in [-0.4, -0.2) is 86.4 Å². The standard InChI is InChI=1S/C32H40N6O4/c1-22-24(20-28(40-2)30(42-4)29(22)41-3)31(39)34-21-23(25-10-7-8-14-33-25)13-17-37-15-9-16-38(19-18-37)32-35-26-11-5-6-12-27(26)36-32/h5-8,10-12,14,20,23H,9,13,15-19,21H2,1-4H3,(H,34,39)(H,35,36). The summed E-state index contributed by atoms with van der Waals surface area (Å²) in [6, 6.07) is 15.8. The predicted octanol–water partition coefficient (Wildman–Crippen LogP) is 4.41. The molecule has 0 spiro atoms. The molecule has 4 aromatic rings. The van der Waals surface area contributed by atoms with Gasteiger partial charge < -0.3 is 34.3 Å². The van der Waals surface area contributed by atoms with Crippen LogP contribution >= 0.6 is 0 Å². The number of pyridine rings is 1. The normalized spacial score (nSPS) is 14.8. The molecule has 0 saturated carbocycles. The van der Waals surface area contributed by atoms with Gasteiger partial charge in [0.1, 0.15) is 0 Å². The van der Waals surface area contributed by atoms with E-state index in [9.17, 15) is 4.79 Å². The van der Waals surface area contributed by atoms with E-state index in [2.05, 4.69) is 31.2 Å². The van der Waals surface area contributed by atoms with Gasteiger partial charge >= 0.3 is 0 Å². The monoisotopic (exact) mass is 572 g/mol. The van der Waals surface area contributed by atoms with Crippen molar-refractivity contribution in [2.24, 2.45) is 0 Å². The van der Waals surface area contributed by atoms with Gasteiger partial charge in [-0.1, -0.05) is 18.2 Å². The number of methoxy groups -OCH3 is 3. The third kappa shape index (κ3) is 6.44. The number of amides is 1. The van der Waals surface area contributed by atoms with Crippen molar-refractivity contribution in [3.05, 3.63) is 71.5 Å². The lowest BCUT2D eigenvalue weighted by atomic mass is 9.99. The minimum absolute atomic E-state index is 0.0622. The van der Waals surface area contributed by atoms with Crippen LogP contribution in [0.25, 0.3) is 11.0 Å². The van der Waals surface area contributed by atoms with E-state index >= 15 is 0 Å². The Kier molecular flexibility index (Phi) is 9.43. The highest BCUT2D eigenvalue weighted by molar-refractivity contribution is 5.97. The maximum atomic E-state index is 13.4. The van der Waals surface area contributed by atoms with Crippen molar-refractivity contribution in [1.29, 1.82) is 0 Å². The molecule has 2 aromatic heterocycles. The fourth-order valence-electron chi connectivity index (χ4n) is 5.65. The fraction of sp³-hybridized carbons (Fsp3) is 0.406. The van der Waals surface area contributed by atoms with Crippen LogP contribution in [0.4, 0.5) is 5.95 Å². The number of para-hydroxylation sites is 2. The Morgan fingerprint density at radius 3 is 2.55 bits per heavy atom. The lowest BCUT2D eigenvalue weighted by Crippen LogP contribution is -2.34. The molecule has 2 N–H and O–H groups in total. The number of rotatable bonds is 11. The van der Waals surface area contributed by atoms with Crippen LogP contribution in [0.5, 0.6) is 17.2 Å². The number of carbonyl (C=O) groups is 1. The second-order valence-corrected chi connectivity index (χ2v) is 10.5. The number of imidazole rings is 1. The van der Waals surface area contributed by atoms with Crippen molar-refractivity contribution in [3.63, 3.8) is 0 Å². The molecular weight excluding hydrogens is 532 g/mol. The van der Waals surface area contributed by atoms with E-state index in [0.29, 0.717) is 34.9 Å². The molecule has 1 aliphatic heterocycles. The summed E-state index contributed by atoms with van der Waals surface area (Å²) in [5.74, 6) is 2.22. The van der Waals surface area contributed by atoms with Crippen LogP contribution in [0.1, 0.15) is 40.4 Å². The molecule has 1 atom stereocenters. The van der Waals surface area contributed by atoms with Gasteiger partial charge in [-0.25, -0.2) is 4.98 Å². The second-order valence-electron chi connectivity index (χ2n) is 10.5. The molecule has 2 aromatic carbocycles. The first-order chi connectivity index (χ1) is 20.5. The topological polar surface area (TPSA) is 105 Å². The van der Waals surface area contributed by atoms with Gasteiger partial charge in [-0.3, -0.25) is 9.78 Å². The highest BCUT2D eigenvalue weighted by Gasteiger charge is 2.24. The van der Waals surface area contributed by atoms with Crippen LogP contribution in [0.15, 0.2) is 54.7 Å². The molecule has 1 aliphatic rings. The minimum atomic E-state index is -0.191. The van der Waals surface area contributed by atoms with Gasteiger partial charge in [0.25, 0.3) is 5.91 Å². The fourth-order valence-corrected chi connectivity index (χ4v) is 5.65. The first-order valence-corrected chi connectivity index (χ1v) is 14.4. The van der Waals surface area contributed by atoms with Crippen molar-refractivity contribution in [2.45, 2.75) is 25.7 Å². The number of hydrogen-bond acceptors (Lipinski definition) is 8. The first kappa shape index (κ1) is 29.2. The summed E-state index contributed by atoms with van der Waals surface area (Å²) in [4.78, 5) is 31.2. The van der Waals surface area contributed by atoms with Crippen LogP contribution in [0.2, 0.25) is 0 Å². The zero-order valence-corrected chi connectivity index (χ0v) is 24.9. The van der Waals surface area contributed by atoms with Crippen LogP contribution in [-0.2, 0) is 0 Å². The van der Waals surface area contributed by atoms with E-state index in [4.69, 9.17) is 19.2 Å². The number of carbonyl (C=O) groups excluding carboxylic acids is 1. The lowest BCUT2D eigenvalue weighted by molar-refractivity contribution is 0.0948. The Morgan fingerprint density at radius 2 is 1.81 bits per heavy atom. The van der Waals surface area contributed by atoms with Gasteiger partial charge in [0.05, 0.1) is 32.4 Å². The molecule has 42 heavy (non-hydrogen) atoms. The molecule has 1 amide bonds. The van der Waals surface area contributed by atoms with Gasteiger partial charge in [-0.05, 0) is 63.2 Å². The number of benzene rings is 2. The number of nitrogens with one attached hydrogen (secondary N) is 2. The number of aromatic nitrogens is 3. The molecule has 1 fully saturated rings. The minimum Gasteiger partial charge on any atom is -0.493 e. The van der Waals surface area contributed by atoms with Crippen LogP contribution < -0.4 is 24.4 Å². The third-order valence-electron chi connectivity index (χ3n) is 8.00. The number of H-pyrrole nitrogens is 1. The van der Waals surface area contributed by atoms with Crippen molar-refractivity contribution in [3.8, 4) is 17.2 Å². The smallest absolute Gasteiger partial charge is 0.251 e. The zero-order valence-electron chi connectivity index (χ0n) is 24.9. The highest BCUT2D eigenvalue weighted by Crippen LogP contribution is 2.41. The number of aromatic amines is 1. The van der Waals surface area contributed by atoms with Crippen LogP contribution in [0.3, 0.4) is 0 Å². The predicted molar refractivity (Wildman–Crippen MR) is 164 cm³/mol. The summed E-state index contributed by atoms with van der Waals surface area (Å²) in [7, 11) is 4.66. The van der Waals surface area contributed by atoms with E-state index < -0.39 is 0 Å². The molecule has 5 rings (SSSR count). The summed E-state index contributed by atoms with van der Waals surface area (Å²) in [5.41, 5.74) is 4.22. The largest absolute Gasteiger partial charge is 0.493 e. The summed E-state index contributed by atoms with van der Waals surface area (Å²) in [5, 5.41) is 3.15. The molecule has 222 valence electrons. The molecule has 0 aliphatic carbocycles. The number of anilines is 1. The number of ether oxygens (including phenoxy) is 3. The van der Waals surface area contributed by atoms with E-state index in [1.165, 1.54) is 0 Å². The molecule has 10 heteroatoms. The number of fused-ring (bicyclic) bond motifs is 1. The molecule has 1 saturated heterocycles. The maximum absolute atomic E-state index is 13.4. The first-order valence-electron chi connectivity index (χ1n) is 14.4. The van der Waals surface area contributed by atoms with Crippen molar-refractivity contribution >= 4 is 22.9 Å². The molecule has 3 heterocycles. The zero-order chi connectivity index (χ0) is 29.5. The number of nitrogens with zero attached hydrogens (tertiary/aromatic N) is 4. The van der Waals surface area contributed by atoms with Gasteiger partial charge in [-0.15, -0.1) is 0 Å². The third-order valence-corrected chi connectivity index (χ3v) is 8.00. The molecular formula is C32H40N6O4. The van der Waals surface area contributed by atoms with Gasteiger partial charge in [0, 0.05) is 55.1 Å². The molecule has 1 unspecified atom stereocenters. The quantitative estimate of drug-likeness (QED) is 0.272. The van der Waals surface area contributed by atoms with E-state index in [1.807, 2.05) is 49.5 Å². The molecule has 0 bridgehead atoms. The van der Waals surface area contributed by atoms with Gasteiger partial charge in [-0.2, -0.15) is 0 Å². The summed E-state index contributed by atoms with van der Waals surface area (Å²) in [6.45, 7) is 7.06. The Bertz CT molecular complexity index is 1460. The van der Waals surface area contributed by atoms with E-state index in [-0.39, 0.29) is 11.8 Å².